The molecule has 0 spiro atoms. The first-order valence-electron chi connectivity index (χ1n) is 7.91. The van der Waals surface area contributed by atoms with Crippen LogP contribution in [-0.4, -0.2) is 49.7 Å². The molecule has 9 heteroatoms. The van der Waals surface area contributed by atoms with Crippen molar-refractivity contribution in [2.75, 3.05) is 26.9 Å². The minimum absolute atomic E-state index is 0.0474. The van der Waals surface area contributed by atoms with Crippen molar-refractivity contribution in [3.63, 3.8) is 0 Å². The van der Waals surface area contributed by atoms with Crippen LogP contribution in [0.25, 0.3) is 6.08 Å². The van der Waals surface area contributed by atoms with Gasteiger partial charge >= 0.3 is 12.0 Å². The van der Waals surface area contributed by atoms with Crippen molar-refractivity contribution in [2.45, 2.75) is 13.8 Å². The smallest absolute Gasteiger partial charge is 0.329 e. The molecular formula is C17H19BrN2O6. The van der Waals surface area contributed by atoms with Crippen LogP contribution in [0.1, 0.15) is 19.4 Å². The molecule has 1 aliphatic heterocycles. The van der Waals surface area contributed by atoms with Gasteiger partial charge in [0.25, 0.3) is 5.91 Å². The third kappa shape index (κ3) is 4.34. The summed E-state index contributed by atoms with van der Waals surface area (Å²) in [6, 6.07) is 2.75. The Balaban J connectivity index is 2.34. The summed E-state index contributed by atoms with van der Waals surface area (Å²) in [6.45, 7) is 4.18. The van der Waals surface area contributed by atoms with Crippen LogP contribution in [0.15, 0.2) is 22.3 Å². The molecule has 1 aliphatic rings. The zero-order chi connectivity index (χ0) is 19.3. The molecule has 3 amide bonds. The van der Waals surface area contributed by atoms with Gasteiger partial charge in [0.15, 0.2) is 11.5 Å². The second-order valence-electron chi connectivity index (χ2n) is 5.14. The summed E-state index contributed by atoms with van der Waals surface area (Å²) in [5, 5.41) is 2.45. The van der Waals surface area contributed by atoms with Crippen LogP contribution in [0.5, 0.6) is 11.5 Å². The summed E-state index contributed by atoms with van der Waals surface area (Å²) < 4.78 is 16.2. The molecular weight excluding hydrogens is 408 g/mol. The van der Waals surface area contributed by atoms with Crippen molar-refractivity contribution < 1.29 is 28.6 Å². The number of carbonyl (C=O) groups is 3. The molecule has 1 aromatic rings. The minimum Gasteiger partial charge on any atom is -0.490 e. The highest BCUT2D eigenvalue weighted by Crippen LogP contribution is 2.35. The number of ether oxygens (including phenoxy) is 3. The van der Waals surface area contributed by atoms with Crippen LogP contribution < -0.4 is 14.8 Å². The first-order chi connectivity index (χ1) is 12.4. The number of esters is 1. The lowest BCUT2D eigenvalue weighted by molar-refractivity contribution is -0.143. The van der Waals surface area contributed by atoms with Crippen LogP contribution in [-0.2, 0) is 14.3 Å². The van der Waals surface area contributed by atoms with E-state index in [0.717, 1.165) is 4.90 Å². The van der Waals surface area contributed by atoms with E-state index in [9.17, 15) is 14.4 Å². The van der Waals surface area contributed by atoms with E-state index in [-0.39, 0.29) is 5.70 Å². The predicted octanol–water partition coefficient (Wildman–Crippen LogP) is 2.31. The number of nitrogens with zero attached hydrogens (tertiary/aromatic N) is 1. The van der Waals surface area contributed by atoms with Gasteiger partial charge in [-0.15, -0.1) is 0 Å². The maximum atomic E-state index is 12.4. The Labute approximate surface area is 159 Å². The molecule has 2 rings (SSSR count). The second-order valence-corrected chi connectivity index (χ2v) is 6.00. The molecule has 1 N–H and O–H groups in total. The Hall–Kier alpha value is -2.55. The van der Waals surface area contributed by atoms with Gasteiger partial charge in [0.2, 0.25) is 0 Å². The number of hydrogen-bond acceptors (Lipinski definition) is 6. The van der Waals surface area contributed by atoms with Crippen LogP contribution in [0.2, 0.25) is 0 Å². The molecule has 1 fully saturated rings. The number of nitrogens with one attached hydrogen (secondary N) is 1. The number of benzene rings is 1. The third-order valence-corrected chi connectivity index (χ3v) is 4.13. The van der Waals surface area contributed by atoms with Gasteiger partial charge < -0.3 is 19.5 Å². The number of imide groups is 1. The van der Waals surface area contributed by atoms with Crippen molar-refractivity contribution >= 4 is 39.9 Å². The van der Waals surface area contributed by atoms with Crippen LogP contribution in [0.3, 0.4) is 0 Å². The van der Waals surface area contributed by atoms with Crippen molar-refractivity contribution in [2.24, 2.45) is 0 Å². The van der Waals surface area contributed by atoms with Gasteiger partial charge in [-0.05, 0) is 37.6 Å². The van der Waals surface area contributed by atoms with Gasteiger partial charge in [-0.3, -0.25) is 9.59 Å². The standard InChI is InChI=1S/C17H19BrN2O6/c1-4-25-13-7-10(11(18)8-14(13)26-5-2)6-12-16(22)20(17(23)19-12)9-15(21)24-3/h6-8H,4-5,9H2,1-3H3,(H,19,23)/b12-6+. The molecule has 0 atom stereocenters. The lowest BCUT2D eigenvalue weighted by atomic mass is 10.1. The van der Waals surface area contributed by atoms with Crippen molar-refractivity contribution in [3.05, 3.63) is 27.9 Å². The number of methoxy groups -OCH3 is 1. The van der Waals surface area contributed by atoms with E-state index in [1.165, 1.54) is 13.2 Å². The summed E-state index contributed by atoms with van der Waals surface area (Å²) in [5.74, 6) is -0.208. The van der Waals surface area contributed by atoms with Gasteiger partial charge in [-0.1, -0.05) is 15.9 Å². The zero-order valence-electron chi connectivity index (χ0n) is 14.6. The molecule has 1 aromatic carbocycles. The summed E-state index contributed by atoms with van der Waals surface area (Å²) in [6.07, 6.45) is 1.50. The highest BCUT2D eigenvalue weighted by molar-refractivity contribution is 9.10. The first kappa shape index (κ1) is 19.8. The summed E-state index contributed by atoms with van der Waals surface area (Å²) in [7, 11) is 1.18. The molecule has 1 saturated heterocycles. The summed E-state index contributed by atoms with van der Waals surface area (Å²) in [5.41, 5.74) is 0.659. The Morgan fingerprint density at radius 1 is 1.19 bits per heavy atom. The van der Waals surface area contributed by atoms with Crippen molar-refractivity contribution in [1.29, 1.82) is 0 Å². The zero-order valence-corrected chi connectivity index (χ0v) is 16.2. The summed E-state index contributed by atoms with van der Waals surface area (Å²) >= 11 is 3.42. The second kappa shape index (κ2) is 8.70. The molecule has 0 unspecified atom stereocenters. The molecule has 0 aromatic heterocycles. The number of carbonyl (C=O) groups excluding carboxylic acids is 3. The minimum atomic E-state index is -0.685. The highest BCUT2D eigenvalue weighted by Gasteiger charge is 2.35. The number of urea groups is 1. The lowest BCUT2D eigenvalue weighted by Gasteiger charge is -2.13. The average Bonchev–Trinajstić information content (AvgIpc) is 2.86. The number of rotatable bonds is 7. The molecule has 1 heterocycles. The fourth-order valence-electron chi connectivity index (χ4n) is 2.26. The van der Waals surface area contributed by atoms with Crippen LogP contribution in [0, 0.1) is 0 Å². The number of hydrogen-bond donors (Lipinski definition) is 1. The number of amides is 3. The van der Waals surface area contributed by atoms with Crippen LogP contribution in [0.4, 0.5) is 4.79 Å². The molecule has 0 saturated carbocycles. The Morgan fingerprint density at radius 2 is 1.81 bits per heavy atom. The van der Waals surface area contributed by atoms with Gasteiger partial charge in [0.05, 0.1) is 20.3 Å². The lowest BCUT2D eigenvalue weighted by Crippen LogP contribution is -2.36. The largest absolute Gasteiger partial charge is 0.490 e. The fraction of sp³-hybridized carbons (Fsp3) is 0.353. The molecule has 0 aliphatic carbocycles. The third-order valence-electron chi connectivity index (χ3n) is 3.44. The monoisotopic (exact) mass is 426 g/mol. The molecule has 140 valence electrons. The highest BCUT2D eigenvalue weighted by atomic mass is 79.9. The Bertz CT molecular complexity index is 762. The number of halogens is 1. The molecule has 26 heavy (non-hydrogen) atoms. The van der Waals surface area contributed by atoms with Gasteiger partial charge in [0, 0.05) is 4.47 Å². The first-order valence-corrected chi connectivity index (χ1v) is 8.71. The van der Waals surface area contributed by atoms with E-state index < -0.39 is 24.5 Å². The Kier molecular flexibility index (Phi) is 6.62. The predicted molar refractivity (Wildman–Crippen MR) is 96.7 cm³/mol. The van der Waals surface area contributed by atoms with E-state index in [4.69, 9.17) is 9.47 Å². The Morgan fingerprint density at radius 3 is 2.38 bits per heavy atom. The molecule has 0 radical (unpaired) electrons. The molecule has 8 nitrogen and oxygen atoms in total. The van der Waals surface area contributed by atoms with Gasteiger partial charge in [-0.2, -0.15) is 0 Å². The topological polar surface area (TPSA) is 94.2 Å². The van der Waals surface area contributed by atoms with E-state index in [2.05, 4.69) is 26.0 Å². The quantitative estimate of drug-likeness (QED) is 0.408. The normalized spacial score (nSPS) is 15.2. The van der Waals surface area contributed by atoms with Gasteiger partial charge in [-0.25, -0.2) is 9.69 Å². The van der Waals surface area contributed by atoms with E-state index in [1.54, 1.807) is 12.1 Å². The fourth-order valence-corrected chi connectivity index (χ4v) is 2.70. The van der Waals surface area contributed by atoms with Crippen molar-refractivity contribution in [1.82, 2.24) is 10.2 Å². The molecule has 0 bridgehead atoms. The summed E-state index contributed by atoms with van der Waals surface area (Å²) in [4.78, 5) is 36.4. The van der Waals surface area contributed by atoms with Gasteiger partial charge in [0.1, 0.15) is 12.2 Å². The maximum absolute atomic E-state index is 12.4. The maximum Gasteiger partial charge on any atom is 0.329 e. The average molecular weight is 427 g/mol. The van der Waals surface area contributed by atoms with Crippen LogP contribution >= 0.6 is 15.9 Å². The van der Waals surface area contributed by atoms with E-state index in [0.29, 0.717) is 34.7 Å². The van der Waals surface area contributed by atoms with E-state index >= 15 is 0 Å². The van der Waals surface area contributed by atoms with E-state index in [1.807, 2.05) is 13.8 Å². The SMILES string of the molecule is CCOc1cc(Br)c(/C=C2/NC(=O)N(CC(=O)OC)C2=O)cc1OCC. The van der Waals surface area contributed by atoms with Crippen molar-refractivity contribution in [3.8, 4) is 11.5 Å².